The number of aryl methyl sites for hydroxylation is 1. The van der Waals surface area contributed by atoms with Crippen molar-refractivity contribution in [3.05, 3.63) is 80.8 Å². The predicted molar refractivity (Wildman–Crippen MR) is 114 cm³/mol. The molecule has 3 aromatic rings. The number of anilines is 3. The van der Waals surface area contributed by atoms with Gasteiger partial charge in [0.2, 0.25) is 0 Å². The highest BCUT2D eigenvalue weighted by molar-refractivity contribution is 9.10. The van der Waals surface area contributed by atoms with Crippen molar-refractivity contribution in [2.45, 2.75) is 11.8 Å². The Hall–Kier alpha value is -3.01. The minimum absolute atomic E-state index is 0.00595. The molecule has 0 saturated heterocycles. The first kappa shape index (κ1) is 20.3. The molecular weight excluding hydrogens is 472 g/mol. The number of halogens is 1. The molecule has 3 N–H and O–H groups in total. The van der Waals surface area contributed by atoms with Gasteiger partial charge in [-0.1, -0.05) is 30.3 Å². The topological polar surface area (TPSA) is 129 Å². The predicted octanol–water partition coefficient (Wildman–Crippen LogP) is 3.76. The number of rotatable bonds is 3. The van der Waals surface area contributed by atoms with Crippen molar-refractivity contribution in [3.8, 4) is 0 Å². The Morgan fingerprint density at radius 1 is 0.933 bits per heavy atom. The fourth-order valence-electron chi connectivity index (χ4n) is 3.47. The summed E-state index contributed by atoms with van der Waals surface area (Å²) >= 11 is 3.29. The van der Waals surface area contributed by atoms with Crippen molar-refractivity contribution in [1.82, 2.24) is 0 Å². The minimum atomic E-state index is -4.79. The van der Waals surface area contributed by atoms with E-state index in [0.29, 0.717) is 10.0 Å². The first-order chi connectivity index (χ1) is 14.1. The Labute approximate surface area is 180 Å². The molecule has 0 fully saturated rings. The van der Waals surface area contributed by atoms with Crippen LogP contribution in [0, 0.1) is 6.92 Å². The zero-order valence-electron chi connectivity index (χ0n) is 15.5. The standard InChI is InChI=1S/C21H15BrN2O5S/c1-10-6-7-14(16(8-10)30(27,28)29)24-15-9-13(22)19(23)18-17(15)20(25)11-4-2-3-5-12(11)21(18)26/h2-9,24H,23H2,1H3,(H,27,28,29)/p-1. The molecule has 0 amide bonds. The first-order valence-electron chi connectivity index (χ1n) is 8.73. The number of carbonyl (C=O) groups excluding carboxylic acids is 2. The van der Waals surface area contributed by atoms with Crippen LogP contribution in [0.15, 0.2) is 57.9 Å². The van der Waals surface area contributed by atoms with Gasteiger partial charge in [0.05, 0.1) is 33.1 Å². The Morgan fingerprint density at radius 2 is 1.53 bits per heavy atom. The molecule has 3 aromatic carbocycles. The van der Waals surface area contributed by atoms with Gasteiger partial charge in [-0.05, 0) is 46.6 Å². The maximum atomic E-state index is 13.2. The average molecular weight is 486 g/mol. The van der Waals surface area contributed by atoms with Crippen LogP contribution in [0.3, 0.4) is 0 Å². The van der Waals surface area contributed by atoms with E-state index in [-0.39, 0.29) is 39.3 Å². The molecule has 0 saturated carbocycles. The lowest BCUT2D eigenvalue weighted by Crippen LogP contribution is -2.24. The van der Waals surface area contributed by atoms with Gasteiger partial charge in [-0.25, -0.2) is 8.42 Å². The molecule has 0 aliphatic heterocycles. The van der Waals surface area contributed by atoms with E-state index in [2.05, 4.69) is 21.2 Å². The number of fused-ring (bicyclic) bond motifs is 2. The summed E-state index contributed by atoms with van der Waals surface area (Å²) in [5.74, 6) is -0.844. The minimum Gasteiger partial charge on any atom is -0.744 e. The van der Waals surface area contributed by atoms with Crippen molar-refractivity contribution < 1.29 is 22.6 Å². The summed E-state index contributed by atoms with van der Waals surface area (Å²) in [5.41, 5.74) is 7.44. The summed E-state index contributed by atoms with van der Waals surface area (Å²) in [4.78, 5) is 25.8. The number of benzene rings is 3. The van der Waals surface area contributed by atoms with E-state index in [9.17, 15) is 22.6 Å². The van der Waals surface area contributed by atoms with E-state index in [1.165, 1.54) is 18.2 Å². The van der Waals surface area contributed by atoms with Gasteiger partial charge in [0.1, 0.15) is 10.1 Å². The lowest BCUT2D eigenvalue weighted by atomic mass is 9.82. The highest BCUT2D eigenvalue weighted by Gasteiger charge is 2.34. The number of nitrogens with two attached hydrogens (primary N) is 1. The fraction of sp³-hybridized carbons (Fsp3) is 0.0476. The van der Waals surface area contributed by atoms with E-state index < -0.39 is 26.6 Å². The van der Waals surface area contributed by atoms with Crippen LogP contribution in [-0.2, 0) is 10.1 Å². The van der Waals surface area contributed by atoms with Gasteiger partial charge in [0.15, 0.2) is 11.6 Å². The van der Waals surface area contributed by atoms with Crippen molar-refractivity contribution in [3.63, 3.8) is 0 Å². The number of hydrogen-bond acceptors (Lipinski definition) is 7. The highest BCUT2D eigenvalue weighted by Crippen LogP contribution is 2.41. The number of nitrogen functional groups attached to an aromatic ring is 1. The van der Waals surface area contributed by atoms with Gasteiger partial charge in [-0.2, -0.15) is 0 Å². The maximum absolute atomic E-state index is 13.2. The van der Waals surface area contributed by atoms with Crippen molar-refractivity contribution in [1.29, 1.82) is 0 Å². The van der Waals surface area contributed by atoms with Crippen molar-refractivity contribution in [2.24, 2.45) is 0 Å². The quantitative estimate of drug-likeness (QED) is 0.333. The molecule has 0 heterocycles. The summed E-state index contributed by atoms with van der Waals surface area (Å²) in [7, 11) is -4.79. The zero-order valence-corrected chi connectivity index (χ0v) is 17.9. The monoisotopic (exact) mass is 485 g/mol. The number of carbonyl (C=O) groups is 2. The molecule has 0 bridgehead atoms. The Bertz CT molecular complexity index is 1370. The molecule has 4 rings (SSSR count). The van der Waals surface area contributed by atoms with Crippen molar-refractivity contribution in [2.75, 3.05) is 11.1 Å². The average Bonchev–Trinajstić information content (AvgIpc) is 2.69. The van der Waals surface area contributed by atoms with Crippen LogP contribution in [-0.4, -0.2) is 24.5 Å². The van der Waals surface area contributed by atoms with Crippen molar-refractivity contribution >= 4 is 54.7 Å². The van der Waals surface area contributed by atoms with Crippen LogP contribution in [0.4, 0.5) is 17.1 Å². The molecular formula is C21H14BrN2O5S-. The van der Waals surface area contributed by atoms with Gasteiger partial charge in [0, 0.05) is 15.6 Å². The molecule has 0 atom stereocenters. The molecule has 0 aromatic heterocycles. The number of nitrogens with one attached hydrogen (secondary N) is 1. The van der Waals surface area contributed by atoms with Crippen LogP contribution < -0.4 is 11.1 Å². The maximum Gasteiger partial charge on any atom is 0.196 e. The molecule has 1 aliphatic rings. The third kappa shape index (κ3) is 3.20. The van der Waals surface area contributed by atoms with E-state index in [1.54, 1.807) is 37.3 Å². The van der Waals surface area contributed by atoms with Crippen LogP contribution in [0.2, 0.25) is 0 Å². The van der Waals surface area contributed by atoms with E-state index in [1.807, 2.05) is 0 Å². The first-order valence-corrected chi connectivity index (χ1v) is 10.9. The molecule has 1 aliphatic carbocycles. The second-order valence-corrected chi connectivity index (χ2v) is 9.05. The summed E-state index contributed by atoms with van der Waals surface area (Å²) < 4.78 is 35.6. The van der Waals surface area contributed by atoms with Crippen LogP contribution >= 0.6 is 15.9 Å². The van der Waals surface area contributed by atoms with Gasteiger partial charge >= 0.3 is 0 Å². The summed E-state index contributed by atoms with van der Waals surface area (Å²) in [6.45, 7) is 1.65. The molecule has 7 nitrogen and oxygen atoms in total. The molecule has 0 unspecified atom stereocenters. The lowest BCUT2D eigenvalue weighted by Gasteiger charge is -2.24. The zero-order chi connectivity index (χ0) is 21.8. The Kier molecular flexibility index (Phi) is 4.76. The van der Waals surface area contributed by atoms with Crippen LogP contribution in [0.1, 0.15) is 37.4 Å². The second kappa shape index (κ2) is 7.05. The summed E-state index contributed by atoms with van der Waals surface area (Å²) in [6, 6.07) is 12.2. The Morgan fingerprint density at radius 3 is 2.13 bits per heavy atom. The summed E-state index contributed by atoms with van der Waals surface area (Å²) in [6.07, 6.45) is 0. The third-order valence-corrected chi connectivity index (χ3v) is 6.40. The number of hydrogen-bond donors (Lipinski definition) is 2. The van der Waals surface area contributed by atoms with E-state index in [0.717, 1.165) is 0 Å². The third-order valence-electron chi connectivity index (χ3n) is 4.86. The molecule has 30 heavy (non-hydrogen) atoms. The van der Waals surface area contributed by atoms with Gasteiger partial charge in [-0.3, -0.25) is 9.59 Å². The van der Waals surface area contributed by atoms with Gasteiger partial charge < -0.3 is 15.6 Å². The highest BCUT2D eigenvalue weighted by atomic mass is 79.9. The number of ketones is 2. The molecule has 152 valence electrons. The second-order valence-electron chi connectivity index (χ2n) is 6.85. The van der Waals surface area contributed by atoms with Gasteiger partial charge in [0.25, 0.3) is 0 Å². The normalized spacial score (nSPS) is 13.0. The largest absolute Gasteiger partial charge is 0.744 e. The van der Waals surface area contributed by atoms with Gasteiger partial charge in [-0.15, -0.1) is 0 Å². The molecule has 0 spiro atoms. The van der Waals surface area contributed by atoms with Crippen LogP contribution in [0.25, 0.3) is 0 Å². The smallest absolute Gasteiger partial charge is 0.196 e. The summed E-state index contributed by atoms with van der Waals surface area (Å²) in [5, 5.41) is 2.85. The Balaban J connectivity index is 1.96. The van der Waals surface area contributed by atoms with E-state index in [4.69, 9.17) is 5.73 Å². The van der Waals surface area contributed by atoms with E-state index >= 15 is 0 Å². The molecule has 0 radical (unpaired) electrons. The fourth-order valence-corrected chi connectivity index (χ4v) is 4.61. The SMILES string of the molecule is Cc1ccc(Nc2cc(Br)c(N)c3c2C(=O)c2ccccc2C3=O)c(S(=O)(=O)[O-])c1. The molecule has 9 heteroatoms. The van der Waals surface area contributed by atoms with Crippen LogP contribution in [0.5, 0.6) is 0 Å². The lowest BCUT2D eigenvalue weighted by molar-refractivity contribution is 0.0980.